The summed E-state index contributed by atoms with van der Waals surface area (Å²) in [5, 5.41) is 5.99. The van der Waals surface area contributed by atoms with Crippen LogP contribution in [0.3, 0.4) is 0 Å². The summed E-state index contributed by atoms with van der Waals surface area (Å²) < 4.78 is 7.60. The molecule has 1 aliphatic rings. The number of amides is 1. The monoisotopic (exact) mass is 412 g/mol. The molecule has 1 unspecified atom stereocenters. The summed E-state index contributed by atoms with van der Waals surface area (Å²) in [4.78, 5) is 19.6. The molecule has 1 atom stereocenters. The van der Waals surface area contributed by atoms with Crippen LogP contribution in [0.4, 0.5) is 0 Å². The van der Waals surface area contributed by atoms with Gasteiger partial charge in [0.2, 0.25) is 5.88 Å². The van der Waals surface area contributed by atoms with Gasteiger partial charge in [0.05, 0.1) is 11.4 Å². The van der Waals surface area contributed by atoms with Crippen molar-refractivity contribution in [3.63, 3.8) is 0 Å². The van der Waals surface area contributed by atoms with Crippen LogP contribution in [-0.2, 0) is 11.8 Å². The fourth-order valence-corrected chi connectivity index (χ4v) is 3.97. The van der Waals surface area contributed by atoms with Crippen LogP contribution >= 0.6 is 11.6 Å². The van der Waals surface area contributed by atoms with Crippen molar-refractivity contribution in [2.24, 2.45) is 7.05 Å². The number of ether oxygens (including phenoxy) is 1. The van der Waals surface area contributed by atoms with Gasteiger partial charge in [-0.1, -0.05) is 23.7 Å². The van der Waals surface area contributed by atoms with Gasteiger partial charge in [0.15, 0.2) is 12.3 Å². The quantitative estimate of drug-likeness (QED) is 0.603. The van der Waals surface area contributed by atoms with Crippen molar-refractivity contribution >= 4 is 28.5 Å². The molecule has 1 saturated carbocycles. The molecule has 0 spiro atoms. The zero-order chi connectivity index (χ0) is 20.7. The van der Waals surface area contributed by atoms with Crippen LogP contribution in [0.5, 0.6) is 5.88 Å². The van der Waals surface area contributed by atoms with Crippen LogP contribution < -0.4 is 4.74 Å². The molecule has 0 saturated heterocycles. The van der Waals surface area contributed by atoms with Crippen molar-refractivity contribution in [3.8, 4) is 5.88 Å². The summed E-state index contributed by atoms with van der Waals surface area (Å²) in [6, 6.07) is 9.89. The summed E-state index contributed by atoms with van der Waals surface area (Å²) in [6.45, 7) is 5.96. The Hall–Kier alpha value is -2.60. The molecule has 0 bridgehead atoms. The lowest BCUT2D eigenvalue weighted by atomic mass is 10.1. The Morgan fingerprint density at radius 1 is 1.31 bits per heavy atom. The topological polar surface area (TPSA) is 60.2 Å². The highest BCUT2D eigenvalue weighted by Gasteiger charge is 2.36. The number of aryl methyl sites for hydroxylation is 3. The summed E-state index contributed by atoms with van der Waals surface area (Å²) in [5.74, 6) is 0.419. The van der Waals surface area contributed by atoms with Gasteiger partial charge in [0.25, 0.3) is 5.91 Å². The van der Waals surface area contributed by atoms with E-state index in [0.717, 1.165) is 40.7 Å². The van der Waals surface area contributed by atoms with E-state index in [1.165, 1.54) is 0 Å². The molecular weight excluding hydrogens is 388 g/mol. The van der Waals surface area contributed by atoms with Crippen molar-refractivity contribution in [1.82, 2.24) is 19.7 Å². The maximum absolute atomic E-state index is 13.1. The third-order valence-electron chi connectivity index (χ3n) is 5.42. The van der Waals surface area contributed by atoms with Crippen LogP contribution in [0.15, 0.2) is 30.3 Å². The lowest BCUT2D eigenvalue weighted by Crippen LogP contribution is -2.38. The van der Waals surface area contributed by atoms with Crippen LogP contribution in [0, 0.1) is 13.8 Å². The second kappa shape index (κ2) is 7.67. The molecular formula is C22H25ClN4O2. The van der Waals surface area contributed by atoms with E-state index in [-0.39, 0.29) is 24.6 Å². The number of halogens is 1. The van der Waals surface area contributed by atoms with Crippen LogP contribution in [-0.4, -0.2) is 38.2 Å². The Balaban J connectivity index is 1.54. The first-order chi connectivity index (χ1) is 13.8. The van der Waals surface area contributed by atoms with Gasteiger partial charge in [0.1, 0.15) is 0 Å². The Morgan fingerprint density at radius 2 is 2.00 bits per heavy atom. The zero-order valence-electron chi connectivity index (χ0n) is 17.1. The molecule has 29 heavy (non-hydrogen) atoms. The first-order valence-corrected chi connectivity index (χ1v) is 10.2. The summed E-state index contributed by atoms with van der Waals surface area (Å²) >= 11 is 6.01. The third kappa shape index (κ3) is 3.94. The number of carbonyl (C=O) groups is 1. The molecule has 1 amide bonds. The number of hydrogen-bond donors (Lipinski definition) is 0. The molecule has 1 aliphatic carbocycles. The Bertz CT molecular complexity index is 1060. The highest BCUT2D eigenvalue weighted by molar-refractivity contribution is 6.30. The minimum atomic E-state index is -0.0478. The van der Waals surface area contributed by atoms with Gasteiger partial charge in [-0.15, -0.1) is 5.10 Å². The van der Waals surface area contributed by atoms with Gasteiger partial charge in [0, 0.05) is 23.8 Å². The number of benzene rings is 1. The number of rotatable bonds is 6. The van der Waals surface area contributed by atoms with Crippen molar-refractivity contribution in [3.05, 3.63) is 52.2 Å². The molecule has 2 heterocycles. The van der Waals surface area contributed by atoms with Crippen LogP contribution in [0.25, 0.3) is 11.0 Å². The minimum absolute atomic E-state index is 0.0357. The number of aromatic nitrogens is 3. The highest BCUT2D eigenvalue weighted by Crippen LogP contribution is 2.35. The average Bonchev–Trinajstić information content (AvgIpc) is 3.45. The average molecular weight is 413 g/mol. The minimum Gasteiger partial charge on any atom is -0.466 e. The third-order valence-corrected chi connectivity index (χ3v) is 5.67. The summed E-state index contributed by atoms with van der Waals surface area (Å²) in [5.41, 5.74) is 3.79. The molecule has 2 aromatic heterocycles. The van der Waals surface area contributed by atoms with E-state index in [1.807, 2.05) is 63.1 Å². The van der Waals surface area contributed by atoms with E-state index >= 15 is 0 Å². The van der Waals surface area contributed by atoms with Crippen molar-refractivity contribution in [2.75, 3.05) is 6.61 Å². The van der Waals surface area contributed by atoms with E-state index in [1.54, 1.807) is 4.68 Å². The van der Waals surface area contributed by atoms with Crippen molar-refractivity contribution < 1.29 is 9.53 Å². The van der Waals surface area contributed by atoms with Crippen molar-refractivity contribution in [1.29, 1.82) is 0 Å². The molecule has 6 nitrogen and oxygen atoms in total. The molecule has 1 aromatic carbocycles. The second-order valence-corrected chi connectivity index (χ2v) is 8.19. The Kier molecular flexibility index (Phi) is 5.21. The molecule has 1 fully saturated rings. The molecule has 4 rings (SSSR count). The first kappa shape index (κ1) is 19.7. The van der Waals surface area contributed by atoms with E-state index in [4.69, 9.17) is 16.3 Å². The molecule has 0 aliphatic heterocycles. The van der Waals surface area contributed by atoms with Gasteiger partial charge in [-0.2, -0.15) is 0 Å². The largest absolute Gasteiger partial charge is 0.466 e. The van der Waals surface area contributed by atoms with Crippen LogP contribution in [0.1, 0.15) is 42.6 Å². The van der Waals surface area contributed by atoms with Gasteiger partial charge in [-0.05, 0) is 62.9 Å². The number of carbonyl (C=O) groups excluding carboxylic acids is 1. The lowest BCUT2D eigenvalue weighted by molar-refractivity contribution is -0.136. The molecule has 7 heteroatoms. The highest BCUT2D eigenvalue weighted by atomic mass is 35.5. The Morgan fingerprint density at radius 3 is 2.66 bits per heavy atom. The fraction of sp³-hybridized carbons (Fsp3) is 0.409. The molecule has 0 N–H and O–H groups in total. The zero-order valence-corrected chi connectivity index (χ0v) is 17.9. The SMILES string of the molecule is Cc1cc(C)c2c(OCC(=O)N(C3CC3)C(C)c3ccc(Cl)cc3)nn(C)c2n1. The number of pyridine rings is 1. The lowest BCUT2D eigenvalue weighted by Gasteiger charge is -2.29. The van der Waals surface area contributed by atoms with E-state index in [0.29, 0.717) is 10.9 Å². The maximum atomic E-state index is 13.1. The van der Waals surface area contributed by atoms with E-state index < -0.39 is 0 Å². The standard InChI is InChI=1S/C22H25ClN4O2/c1-13-11-14(2)24-21-20(13)22(25-26(21)4)29-12-19(28)27(18-9-10-18)15(3)16-5-7-17(23)8-6-16/h5-8,11,15,18H,9-10,12H2,1-4H3. The smallest absolute Gasteiger partial charge is 0.261 e. The van der Waals surface area contributed by atoms with Crippen molar-refractivity contribution in [2.45, 2.75) is 45.7 Å². The van der Waals surface area contributed by atoms with E-state index in [2.05, 4.69) is 10.1 Å². The predicted octanol–water partition coefficient (Wildman–Crippen LogP) is 4.37. The van der Waals surface area contributed by atoms with Gasteiger partial charge >= 0.3 is 0 Å². The fourth-order valence-electron chi connectivity index (χ4n) is 3.85. The summed E-state index contributed by atoms with van der Waals surface area (Å²) in [6.07, 6.45) is 2.05. The first-order valence-electron chi connectivity index (χ1n) is 9.85. The van der Waals surface area contributed by atoms with E-state index in [9.17, 15) is 4.79 Å². The molecule has 152 valence electrons. The van der Waals surface area contributed by atoms with Crippen LogP contribution in [0.2, 0.25) is 5.02 Å². The number of fused-ring (bicyclic) bond motifs is 1. The van der Waals surface area contributed by atoms with Gasteiger partial charge in [-0.3, -0.25) is 4.79 Å². The Labute approximate surface area is 175 Å². The maximum Gasteiger partial charge on any atom is 0.261 e. The normalized spacial score (nSPS) is 14.8. The number of hydrogen-bond acceptors (Lipinski definition) is 4. The molecule has 0 radical (unpaired) electrons. The summed E-state index contributed by atoms with van der Waals surface area (Å²) in [7, 11) is 1.84. The van der Waals surface area contributed by atoms with Gasteiger partial charge < -0.3 is 9.64 Å². The number of nitrogens with zero attached hydrogens (tertiary/aromatic N) is 4. The molecule has 3 aromatic rings. The van der Waals surface area contributed by atoms with Gasteiger partial charge in [-0.25, -0.2) is 9.67 Å². The predicted molar refractivity (Wildman–Crippen MR) is 113 cm³/mol. The second-order valence-electron chi connectivity index (χ2n) is 7.76.